The Morgan fingerprint density at radius 3 is 2.53 bits per heavy atom. The third-order valence-electron chi connectivity index (χ3n) is 3.17. The molecule has 1 aliphatic rings. The SMILES string of the molecule is C=CCN1CCC(NC(=O)CCC(C)N)CC1.Cl.Cl. The first-order chi connectivity index (χ1) is 8.11. The molecule has 1 aliphatic heterocycles. The Bertz CT molecular complexity index is 254. The van der Waals surface area contributed by atoms with E-state index < -0.39 is 0 Å². The minimum absolute atomic E-state index is 0. The summed E-state index contributed by atoms with van der Waals surface area (Å²) in [6.45, 7) is 8.71. The second-order valence-electron chi connectivity index (χ2n) is 4.95. The monoisotopic (exact) mass is 311 g/mol. The molecular formula is C13H27Cl2N3O. The first kappa shape index (κ1) is 21.0. The Balaban J connectivity index is 0. The van der Waals surface area contributed by atoms with Crippen LogP contribution in [-0.2, 0) is 4.79 Å². The molecule has 0 spiro atoms. The molecule has 0 aromatic heterocycles. The Labute approximate surface area is 129 Å². The van der Waals surface area contributed by atoms with Crippen molar-refractivity contribution in [1.82, 2.24) is 10.2 Å². The lowest BCUT2D eigenvalue weighted by Gasteiger charge is -2.31. The third-order valence-corrected chi connectivity index (χ3v) is 3.17. The number of hydrogen-bond donors (Lipinski definition) is 2. The van der Waals surface area contributed by atoms with Crippen molar-refractivity contribution in [2.45, 2.75) is 44.7 Å². The fourth-order valence-electron chi connectivity index (χ4n) is 2.10. The molecule has 1 heterocycles. The number of nitrogens with zero attached hydrogens (tertiary/aromatic N) is 1. The van der Waals surface area contributed by atoms with E-state index in [-0.39, 0.29) is 36.8 Å². The summed E-state index contributed by atoms with van der Waals surface area (Å²) < 4.78 is 0. The van der Waals surface area contributed by atoms with Crippen LogP contribution in [0.25, 0.3) is 0 Å². The van der Waals surface area contributed by atoms with E-state index in [1.165, 1.54) is 0 Å². The highest BCUT2D eigenvalue weighted by atomic mass is 35.5. The molecule has 0 radical (unpaired) electrons. The van der Waals surface area contributed by atoms with Gasteiger partial charge in [-0.2, -0.15) is 0 Å². The maximum Gasteiger partial charge on any atom is 0.220 e. The Hall–Kier alpha value is -0.290. The lowest BCUT2D eigenvalue weighted by molar-refractivity contribution is -0.122. The summed E-state index contributed by atoms with van der Waals surface area (Å²) in [4.78, 5) is 14.0. The number of hydrogen-bond acceptors (Lipinski definition) is 3. The first-order valence-electron chi connectivity index (χ1n) is 6.50. The van der Waals surface area contributed by atoms with Gasteiger partial charge >= 0.3 is 0 Å². The van der Waals surface area contributed by atoms with Crippen LogP contribution < -0.4 is 11.1 Å². The first-order valence-corrected chi connectivity index (χ1v) is 6.50. The fraction of sp³-hybridized carbons (Fsp3) is 0.769. The fourth-order valence-corrected chi connectivity index (χ4v) is 2.10. The van der Waals surface area contributed by atoms with Crippen LogP contribution in [0.15, 0.2) is 12.7 Å². The summed E-state index contributed by atoms with van der Waals surface area (Å²) in [5.41, 5.74) is 5.63. The molecule has 1 saturated heterocycles. The molecule has 3 N–H and O–H groups in total. The van der Waals surface area contributed by atoms with Crippen molar-refractivity contribution in [3.8, 4) is 0 Å². The minimum atomic E-state index is 0. The normalized spacial score (nSPS) is 17.8. The summed E-state index contributed by atoms with van der Waals surface area (Å²) in [5.74, 6) is 0.143. The molecule has 6 heteroatoms. The van der Waals surface area contributed by atoms with Crippen molar-refractivity contribution < 1.29 is 4.79 Å². The third kappa shape index (κ3) is 9.27. The van der Waals surface area contributed by atoms with Gasteiger partial charge in [-0.15, -0.1) is 31.4 Å². The lowest BCUT2D eigenvalue weighted by atomic mass is 10.0. The number of halogens is 2. The number of nitrogens with one attached hydrogen (secondary N) is 1. The van der Waals surface area contributed by atoms with Crippen LogP contribution in [0.1, 0.15) is 32.6 Å². The predicted octanol–water partition coefficient (Wildman–Crippen LogP) is 1.72. The number of rotatable bonds is 6. The zero-order chi connectivity index (χ0) is 12.7. The van der Waals surface area contributed by atoms with Gasteiger partial charge in [-0.25, -0.2) is 0 Å². The quantitative estimate of drug-likeness (QED) is 0.734. The Morgan fingerprint density at radius 2 is 2.05 bits per heavy atom. The molecule has 114 valence electrons. The molecule has 0 aromatic carbocycles. The summed E-state index contributed by atoms with van der Waals surface area (Å²) in [6.07, 6.45) is 5.32. The number of nitrogens with two attached hydrogens (primary N) is 1. The van der Waals surface area contributed by atoms with Crippen molar-refractivity contribution in [3.63, 3.8) is 0 Å². The zero-order valence-electron chi connectivity index (χ0n) is 11.6. The highest BCUT2D eigenvalue weighted by Gasteiger charge is 2.19. The standard InChI is InChI=1S/C13H25N3O.2ClH/c1-3-8-16-9-6-12(7-10-16)15-13(17)5-4-11(2)14;;/h3,11-12H,1,4-10,14H2,2H3,(H,15,17);2*1H. The largest absolute Gasteiger partial charge is 0.353 e. The molecule has 1 amide bonds. The van der Waals surface area contributed by atoms with Crippen molar-refractivity contribution in [2.24, 2.45) is 5.73 Å². The van der Waals surface area contributed by atoms with Gasteiger partial charge in [0.2, 0.25) is 5.91 Å². The number of amides is 1. The number of carbonyl (C=O) groups is 1. The molecule has 19 heavy (non-hydrogen) atoms. The van der Waals surface area contributed by atoms with Crippen LogP contribution in [0.3, 0.4) is 0 Å². The van der Waals surface area contributed by atoms with Crippen molar-refractivity contribution in [2.75, 3.05) is 19.6 Å². The van der Waals surface area contributed by atoms with Crippen LogP contribution in [0.2, 0.25) is 0 Å². The van der Waals surface area contributed by atoms with E-state index in [2.05, 4.69) is 16.8 Å². The molecule has 0 bridgehead atoms. The van der Waals surface area contributed by atoms with E-state index in [1.54, 1.807) is 0 Å². The van der Waals surface area contributed by atoms with E-state index in [9.17, 15) is 4.79 Å². The van der Waals surface area contributed by atoms with E-state index in [4.69, 9.17) is 5.73 Å². The molecule has 0 aliphatic carbocycles. The van der Waals surface area contributed by atoms with Crippen LogP contribution in [-0.4, -0.2) is 42.5 Å². The summed E-state index contributed by atoms with van der Waals surface area (Å²) in [6, 6.07) is 0.451. The molecule has 1 fully saturated rings. The van der Waals surface area contributed by atoms with E-state index in [0.29, 0.717) is 12.5 Å². The van der Waals surface area contributed by atoms with Gasteiger partial charge < -0.3 is 11.1 Å². The summed E-state index contributed by atoms with van der Waals surface area (Å²) >= 11 is 0. The average molecular weight is 312 g/mol. The van der Waals surface area contributed by atoms with Crippen molar-refractivity contribution >= 4 is 30.7 Å². The van der Waals surface area contributed by atoms with Crippen LogP contribution in [0.4, 0.5) is 0 Å². The number of likely N-dealkylation sites (tertiary alicyclic amines) is 1. The maximum atomic E-state index is 11.6. The lowest BCUT2D eigenvalue weighted by Crippen LogP contribution is -2.44. The predicted molar refractivity (Wildman–Crippen MR) is 85.2 cm³/mol. The van der Waals surface area contributed by atoms with E-state index in [1.807, 2.05) is 13.0 Å². The van der Waals surface area contributed by atoms with Gasteiger partial charge in [0, 0.05) is 38.1 Å². The molecule has 0 saturated carbocycles. The number of piperidine rings is 1. The molecule has 4 nitrogen and oxygen atoms in total. The molecular weight excluding hydrogens is 285 g/mol. The molecule has 1 rings (SSSR count). The molecule has 1 unspecified atom stereocenters. The van der Waals surface area contributed by atoms with Crippen LogP contribution in [0, 0.1) is 0 Å². The minimum Gasteiger partial charge on any atom is -0.353 e. The Morgan fingerprint density at radius 1 is 1.47 bits per heavy atom. The topological polar surface area (TPSA) is 58.4 Å². The van der Waals surface area contributed by atoms with Gasteiger partial charge in [-0.1, -0.05) is 6.08 Å². The second kappa shape index (κ2) is 11.5. The van der Waals surface area contributed by atoms with E-state index >= 15 is 0 Å². The van der Waals surface area contributed by atoms with E-state index in [0.717, 1.165) is 38.9 Å². The van der Waals surface area contributed by atoms with Crippen LogP contribution in [0.5, 0.6) is 0 Å². The van der Waals surface area contributed by atoms with Gasteiger partial charge in [0.05, 0.1) is 0 Å². The van der Waals surface area contributed by atoms with Gasteiger partial charge in [-0.3, -0.25) is 9.69 Å². The highest BCUT2D eigenvalue weighted by Crippen LogP contribution is 2.10. The van der Waals surface area contributed by atoms with Gasteiger partial charge in [-0.05, 0) is 26.2 Å². The van der Waals surface area contributed by atoms with Gasteiger partial charge in [0.1, 0.15) is 0 Å². The molecule has 1 atom stereocenters. The smallest absolute Gasteiger partial charge is 0.220 e. The molecule has 0 aromatic rings. The maximum absolute atomic E-state index is 11.6. The average Bonchev–Trinajstić information content (AvgIpc) is 2.29. The summed E-state index contributed by atoms with van der Waals surface area (Å²) in [5, 5.41) is 3.09. The summed E-state index contributed by atoms with van der Waals surface area (Å²) in [7, 11) is 0. The van der Waals surface area contributed by atoms with Gasteiger partial charge in [0.15, 0.2) is 0 Å². The second-order valence-corrected chi connectivity index (χ2v) is 4.95. The zero-order valence-corrected chi connectivity index (χ0v) is 13.3. The van der Waals surface area contributed by atoms with Crippen molar-refractivity contribution in [3.05, 3.63) is 12.7 Å². The van der Waals surface area contributed by atoms with Gasteiger partial charge in [0.25, 0.3) is 0 Å². The highest BCUT2D eigenvalue weighted by molar-refractivity contribution is 5.85. The van der Waals surface area contributed by atoms with Crippen molar-refractivity contribution in [1.29, 1.82) is 0 Å². The number of carbonyl (C=O) groups excluding carboxylic acids is 1. The Kier molecular flexibility index (Phi) is 12.8. The van der Waals surface area contributed by atoms with Crippen LogP contribution >= 0.6 is 24.8 Å².